The molecule has 19 heavy (non-hydrogen) atoms. The van der Waals surface area contributed by atoms with Gasteiger partial charge < -0.3 is 11.1 Å². The fraction of sp³-hybridized carbons (Fsp3) is 0.0667. The summed E-state index contributed by atoms with van der Waals surface area (Å²) in [7, 11) is 0. The highest BCUT2D eigenvalue weighted by atomic mass is 16.1. The van der Waals surface area contributed by atoms with Crippen molar-refractivity contribution in [1.29, 1.82) is 5.26 Å². The summed E-state index contributed by atoms with van der Waals surface area (Å²) in [5.41, 5.74) is 8.84. The molecule has 2 aromatic carbocycles. The Labute approximate surface area is 111 Å². The summed E-state index contributed by atoms with van der Waals surface area (Å²) in [5.74, 6) is -0.0318. The molecule has 4 nitrogen and oxygen atoms in total. The van der Waals surface area contributed by atoms with E-state index in [0.717, 1.165) is 0 Å². The third-order valence-electron chi connectivity index (χ3n) is 2.77. The van der Waals surface area contributed by atoms with E-state index in [4.69, 9.17) is 11.0 Å². The Balaban J connectivity index is 2.34. The smallest absolute Gasteiger partial charge is 0.159 e. The standard InChI is InChI=1S/C15H13N3O/c1-10(19)11-6-7-15(13(17)8-11)18-14-5-3-2-4-12(14)9-16/h2-8,18H,17H2,1H3. The van der Waals surface area contributed by atoms with E-state index >= 15 is 0 Å². The third kappa shape index (κ3) is 2.72. The lowest BCUT2D eigenvalue weighted by molar-refractivity contribution is 0.101. The van der Waals surface area contributed by atoms with E-state index in [-0.39, 0.29) is 5.78 Å². The SMILES string of the molecule is CC(=O)c1ccc(Nc2ccccc2C#N)c(N)c1. The van der Waals surface area contributed by atoms with E-state index < -0.39 is 0 Å². The number of carbonyl (C=O) groups excluding carboxylic acids is 1. The molecule has 0 saturated carbocycles. The molecule has 0 unspecified atom stereocenters. The molecule has 0 spiro atoms. The van der Waals surface area contributed by atoms with E-state index in [1.807, 2.05) is 6.07 Å². The Morgan fingerprint density at radius 2 is 1.95 bits per heavy atom. The molecule has 0 aliphatic carbocycles. The van der Waals surface area contributed by atoms with Crippen LogP contribution < -0.4 is 11.1 Å². The fourth-order valence-corrected chi connectivity index (χ4v) is 1.73. The van der Waals surface area contributed by atoms with Crippen molar-refractivity contribution in [3.05, 3.63) is 53.6 Å². The van der Waals surface area contributed by atoms with E-state index in [2.05, 4.69) is 11.4 Å². The van der Waals surface area contributed by atoms with Gasteiger partial charge in [-0.3, -0.25) is 4.79 Å². The van der Waals surface area contributed by atoms with Crippen molar-refractivity contribution in [3.8, 4) is 6.07 Å². The highest BCUT2D eigenvalue weighted by molar-refractivity contribution is 5.96. The summed E-state index contributed by atoms with van der Waals surface area (Å²) >= 11 is 0. The van der Waals surface area contributed by atoms with Gasteiger partial charge in [0.25, 0.3) is 0 Å². The van der Waals surface area contributed by atoms with Crippen LogP contribution in [0.3, 0.4) is 0 Å². The molecule has 0 aromatic heterocycles. The van der Waals surface area contributed by atoms with Crippen molar-refractivity contribution in [2.45, 2.75) is 6.92 Å². The van der Waals surface area contributed by atoms with Gasteiger partial charge in [-0.2, -0.15) is 5.26 Å². The maximum absolute atomic E-state index is 11.2. The molecule has 0 fully saturated rings. The highest BCUT2D eigenvalue weighted by Crippen LogP contribution is 2.26. The number of ketones is 1. The first-order chi connectivity index (χ1) is 9.11. The van der Waals surface area contributed by atoms with Crippen LogP contribution >= 0.6 is 0 Å². The molecule has 0 heterocycles. The van der Waals surface area contributed by atoms with Crippen LogP contribution in [0.1, 0.15) is 22.8 Å². The number of rotatable bonds is 3. The van der Waals surface area contributed by atoms with Crippen LogP contribution in [-0.2, 0) is 0 Å². The summed E-state index contributed by atoms with van der Waals surface area (Å²) in [6.07, 6.45) is 0. The maximum atomic E-state index is 11.2. The molecule has 0 amide bonds. The third-order valence-corrected chi connectivity index (χ3v) is 2.77. The Hall–Kier alpha value is -2.80. The monoisotopic (exact) mass is 251 g/mol. The van der Waals surface area contributed by atoms with Crippen molar-refractivity contribution < 1.29 is 4.79 Å². The molecule has 0 atom stereocenters. The summed E-state index contributed by atoms with van der Waals surface area (Å²) in [6, 6.07) is 14.3. The van der Waals surface area contributed by atoms with Gasteiger partial charge in [-0.25, -0.2) is 0 Å². The van der Waals surface area contributed by atoms with Crippen LogP contribution in [-0.4, -0.2) is 5.78 Å². The van der Waals surface area contributed by atoms with Crippen molar-refractivity contribution in [1.82, 2.24) is 0 Å². The number of nitrogens with zero attached hydrogens (tertiary/aromatic N) is 1. The lowest BCUT2D eigenvalue weighted by Crippen LogP contribution is -2.00. The second-order valence-electron chi connectivity index (χ2n) is 4.14. The number of benzene rings is 2. The first-order valence-corrected chi connectivity index (χ1v) is 5.78. The van der Waals surface area contributed by atoms with E-state index in [1.165, 1.54) is 6.92 Å². The van der Waals surface area contributed by atoms with Crippen molar-refractivity contribution >= 4 is 22.8 Å². The number of nitriles is 1. The molecular formula is C15H13N3O. The van der Waals surface area contributed by atoms with Gasteiger partial charge >= 0.3 is 0 Å². The summed E-state index contributed by atoms with van der Waals surface area (Å²) in [4.78, 5) is 11.2. The van der Waals surface area contributed by atoms with Crippen molar-refractivity contribution in [2.75, 3.05) is 11.1 Å². The molecule has 0 saturated heterocycles. The predicted molar refractivity (Wildman–Crippen MR) is 75.3 cm³/mol. The molecule has 94 valence electrons. The summed E-state index contributed by atoms with van der Waals surface area (Å²) < 4.78 is 0. The van der Waals surface area contributed by atoms with Gasteiger partial charge in [0.1, 0.15) is 6.07 Å². The van der Waals surface area contributed by atoms with Crippen LogP contribution in [0, 0.1) is 11.3 Å². The van der Waals surface area contributed by atoms with E-state index in [0.29, 0.717) is 28.2 Å². The Morgan fingerprint density at radius 1 is 1.21 bits per heavy atom. The zero-order chi connectivity index (χ0) is 13.8. The molecule has 0 bridgehead atoms. The quantitative estimate of drug-likeness (QED) is 0.649. The zero-order valence-corrected chi connectivity index (χ0v) is 10.5. The normalized spacial score (nSPS) is 9.68. The first kappa shape index (κ1) is 12.7. The molecule has 4 heteroatoms. The van der Waals surface area contributed by atoms with Crippen LogP contribution in [0.5, 0.6) is 0 Å². The molecule has 0 radical (unpaired) electrons. The zero-order valence-electron chi connectivity index (χ0n) is 10.5. The van der Waals surface area contributed by atoms with Crippen LogP contribution in [0.15, 0.2) is 42.5 Å². The number of anilines is 3. The molecule has 2 rings (SSSR count). The summed E-state index contributed by atoms with van der Waals surface area (Å²) in [6.45, 7) is 1.49. The lowest BCUT2D eigenvalue weighted by atomic mass is 10.1. The van der Waals surface area contributed by atoms with Crippen LogP contribution in [0.25, 0.3) is 0 Å². The van der Waals surface area contributed by atoms with Gasteiger partial charge in [0.05, 0.1) is 22.6 Å². The number of nitrogens with two attached hydrogens (primary N) is 1. The fourth-order valence-electron chi connectivity index (χ4n) is 1.73. The number of hydrogen-bond acceptors (Lipinski definition) is 4. The minimum atomic E-state index is -0.0318. The molecule has 2 aromatic rings. The number of Topliss-reactive ketones (excluding diaryl/α,β-unsaturated/α-hetero) is 1. The van der Waals surface area contributed by atoms with Gasteiger partial charge in [-0.1, -0.05) is 12.1 Å². The minimum Gasteiger partial charge on any atom is -0.397 e. The van der Waals surface area contributed by atoms with Crippen molar-refractivity contribution in [3.63, 3.8) is 0 Å². The second-order valence-corrected chi connectivity index (χ2v) is 4.14. The van der Waals surface area contributed by atoms with E-state index in [9.17, 15) is 4.79 Å². The number of para-hydroxylation sites is 1. The molecular weight excluding hydrogens is 238 g/mol. The van der Waals surface area contributed by atoms with Gasteiger partial charge in [0, 0.05) is 5.56 Å². The topological polar surface area (TPSA) is 78.9 Å². The average Bonchev–Trinajstić information content (AvgIpc) is 2.41. The number of nitrogens with one attached hydrogen (secondary N) is 1. The predicted octanol–water partition coefficient (Wildman–Crippen LogP) is 3.09. The van der Waals surface area contributed by atoms with Gasteiger partial charge in [-0.05, 0) is 37.3 Å². The molecule has 3 N–H and O–H groups in total. The maximum Gasteiger partial charge on any atom is 0.159 e. The van der Waals surface area contributed by atoms with Gasteiger partial charge in [0.2, 0.25) is 0 Å². The number of nitrogen functional groups attached to an aromatic ring is 1. The van der Waals surface area contributed by atoms with Gasteiger partial charge in [0.15, 0.2) is 5.78 Å². The second kappa shape index (κ2) is 5.23. The Kier molecular flexibility index (Phi) is 3.48. The number of carbonyl (C=O) groups is 1. The Bertz CT molecular complexity index is 671. The molecule has 0 aliphatic rings. The minimum absolute atomic E-state index is 0.0318. The van der Waals surface area contributed by atoms with Crippen LogP contribution in [0.2, 0.25) is 0 Å². The Morgan fingerprint density at radius 3 is 2.58 bits per heavy atom. The molecule has 0 aliphatic heterocycles. The first-order valence-electron chi connectivity index (χ1n) is 5.78. The highest BCUT2D eigenvalue weighted by Gasteiger charge is 2.06. The summed E-state index contributed by atoms with van der Waals surface area (Å²) in [5, 5.41) is 12.1. The number of hydrogen-bond donors (Lipinski definition) is 2. The van der Waals surface area contributed by atoms with Crippen LogP contribution in [0.4, 0.5) is 17.1 Å². The average molecular weight is 251 g/mol. The van der Waals surface area contributed by atoms with Gasteiger partial charge in [-0.15, -0.1) is 0 Å². The largest absolute Gasteiger partial charge is 0.397 e. The van der Waals surface area contributed by atoms with E-state index in [1.54, 1.807) is 36.4 Å². The lowest BCUT2D eigenvalue weighted by Gasteiger charge is -2.11. The van der Waals surface area contributed by atoms with Crippen molar-refractivity contribution in [2.24, 2.45) is 0 Å².